The highest BCUT2D eigenvalue weighted by atomic mass is 16.5. The van der Waals surface area contributed by atoms with Gasteiger partial charge in [-0.15, -0.1) is 0 Å². The summed E-state index contributed by atoms with van der Waals surface area (Å²) in [5.41, 5.74) is 2.24. The molecule has 0 unspecified atom stereocenters. The van der Waals surface area contributed by atoms with Crippen LogP contribution in [0.3, 0.4) is 0 Å². The second kappa shape index (κ2) is 4.09. The monoisotopic (exact) mass is 250 g/mol. The summed E-state index contributed by atoms with van der Waals surface area (Å²) in [6.07, 6.45) is 4.06. The van der Waals surface area contributed by atoms with E-state index in [-0.39, 0.29) is 18.0 Å². The van der Waals surface area contributed by atoms with Crippen LogP contribution in [0.1, 0.15) is 39.5 Å². The zero-order chi connectivity index (χ0) is 12.9. The molecule has 0 aromatic heterocycles. The Bertz CT molecular complexity index is 412. The van der Waals surface area contributed by atoms with E-state index in [9.17, 15) is 9.90 Å². The number of carbonyl (C=O) groups excluding carboxylic acids is 1. The number of aliphatic hydroxyl groups is 1. The van der Waals surface area contributed by atoms with E-state index in [0.717, 1.165) is 31.3 Å². The molecule has 0 radical (unpaired) electrons. The summed E-state index contributed by atoms with van der Waals surface area (Å²) in [5, 5.41) is 9.61. The Morgan fingerprint density at radius 1 is 1.44 bits per heavy atom. The number of hydrogen-bond donors (Lipinski definition) is 1. The molecule has 3 heteroatoms. The van der Waals surface area contributed by atoms with Crippen molar-refractivity contribution < 1.29 is 14.6 Å². The molecule has 1 heterocycles. The number of carbonyl (C=O) groups is 1. The first kappa shape index (κ1) is 12.2. The molecule has 0 spiro atoms. The molecule has 1 saturated carbocycles. The lowest BCUT2D eigenvalue weighted by molar-refractivity contribution is -0.136. The average Bonchev–Trinajstić information content (AvgIpc) is 2.85. The number of fused-ring (bicyclic) bond motifs is 2. The smallest absolute Gasteiger partial charge is 0.334 e. The van der Waals surface area contributed by atoms with Crippen LogP contribution in [0.4, 0.5) is 0 Å². The molecule has 0 saturated heterocycles. The number of hydrogen-bond acceptors (Lipinski definition) is 3. The van der Waals surface area contributed by atoms with E-state index in [1.54, 1.807) is 0 Å². The second-order valence-electron chi connectivity index (χ2n) is 6.74. The van der Waals surface area contributed by atoms with E-state index >= 15 is 0 Å². The molecular weight excluding hydrogens is 228 g/mol. The van der Waals surface area contributed by atoms with Gasteiger partial charge in [0.15, 0.2) is 0 Å². The zero-order valence-electron chi connectivity index (χ0n) is 11.2. The van der Waals surface area contributed by atoms with Gasteiger partial charge in [0.25, 0.3) is 0 Å². The van der Waals surface area contributed by atoms with Crippen LogP contribution in [0.25, 0.3) is 0 Å². The fourth-order valence-electron chi connectivity index (χ4n) is 4.21. The van der Waals surface area contributed by atoms with Gasteiger partial charge in [-0.25, -0.2) is 4.79 Å². The molecule has 1 fully saturated rings. The molecule has 4 atom stereocenters. The van der Waals surface area contributed by atoms with E-state index in [1.165, 1.54) is 5.57 Å². The van der Waals surface area contributed by atoms with Crippen LogP contribution in [0.15, 0.2) is 11.1 Å². The van der Waals surface area contributed by atoms with Crippen LogP contribution in [0.2, 0.25) is 0 Å². The molecule has 3 rings (SSSR count). The topological polar surface area (TPSA) is 46.5 Å². The van der Waals surface area contributed by atoms with Crippen LogP contribution < -0.4 is 0 Å². The first-order valence-electron chi connectivity index (χ1n) is 7.04. The fourth-order valence-corrected chi connectivity index (χ4v) is 4.21. The molecule has 0 bridgehead atoms. The van der Waals surface area contributed by atoms with Crippen LogP contribution in [-0.2, 0) is 9.53 Å². The minimum Gasteiger partial charge on any atom is -0.458 e. The van der Waals surface area contributed by atoms with Crippen LogP contribution in [0.5, 0.6) is 0 Å². The normalized spacial score (nSPS) is 43.5. The summed E-state index contributed by atoms with van der Waals surface area (Å²) in [5.74, 6) is 1.63. The number of esters is 1. The van der Waals surface area contributed by atoms with Crippen molar-refractivity contribution in [3.63, 3.8) is 0 Å². The summed E-state index contributed by atoms with van der Waals surface area (Å²) in [6.45, 7) is 5.23. The number of cyclic esters (lactones) is 1. The Labute approximate surface area is 108 Å². The van der Waals surface area contributed by atoms with E-state index in [0.29, 0.717) is 24.4 Å². The minimum absolute atomic E-state index is 0.0324. The largest absolute Gasteiger partial charge is 0.458 e. The lowest BCUT2D eigenvalue weighted by atomic mass is 9.81. The summed E-state index contributed by atoms with van der Waals surface area (Å²) in [7, 11) is 0. The molecule has 0 aromatic rings. The van der Waals surface area contributed by atoms with Crippen LogP contribution in [0, 0.1) is 23.2 Å². The molecule has 0 aromatic carbocycles. The Kier molecular flexibility index (Phi) is 2.77. The van der Waals surface area contributed by atoms with Crippen molar-refractivity contribution in [1.82, 2.24) is 0 Å². The lowest BCUT2D eigenvalue weighted by Gasteiger charge is -2.24. The summed E-state index contributed by atoms with van der Waals surface area (Å²) < 4.78 is 5.23. The van der Waals surface area contributed by atoms with Gasteiger partial charge in [-0.3, -0.25) is 0 Å². The predicted octanol–water partition coefficient (Wildman–Crippen LogP) is 2.29. The molecule has 1 aliphatic heterocycles. The molecule has 1 N–H and O–H groups in total. The van der Waals surface area contributed by atoms with Gasteiger partial charge in [0.05, 0.1) is 0 Å². The van der Waals surface area contributed by atoms with Gasteiger partial charge < -0.3 is 9.84 Å². The van der Waals surface area contributed by atoms with Crippen LogP contribution >= 0.6 is 0 Å². The first-order chi connectivity index (χ1) is 8.54. The van der Waals surface area contributed by atoms with Crippen molar-refractivity contribution in [3.8, 4) is 0 Å². The number of rotatable bonds is 1. The van der Waals surface area contributed by atoms with Gasteiger partial charge in [-0.1, -0.05) is 13.8 Å². The maximum absolute atomic E-state index is 11.8. The third-order valence-electron chi connectivity index (χ3n) is 5.36. The highest BCUT2D eigenvalue weighted by molar-refractivity contribution is 5.92. The van der Waals surface area contributed by atoms with Gasteiger partial charge in [0.2, 0.25) is 0 Å². The Balaban J connectivity index is 1.96. The third-order valence-corrected chi connectivity index (χ3v) is 5.36. The SMILES string of the molecule is C[C@@H]1CCC2=C(COC2=O)[C@H]2C[C@@](C)(CO)C[C@H]12. The first-order valence-corrected chi connectivity index (χ1v) is 7.04. The van der Waals surface area contributed by atoms with Crippen molar-refractivity contribution in [1.29, 1.82) is 0 Å². The summed E-state index contributed by atoms with van der Waals surface area (Å²) in [4.78, 5) is 11.8. The highest BCUT2D eigenvalue weighted by Crippen LogP contribution is 2.54. The number of aliphatic hydroxyl groups excluding tert-OH is 1. The maximum Gasteiger partial charge on any atom is 0.334 e. The zero-order valence-corrected chi connectivity index (χ0v) is 11.2. The standard InChI is InChI=1S/C15H22O3/c1-9-3-4-10-13(7-18-14(10)17)12-6-15(2,8-16)5-11(9)12/h9,11-12,16H,3-8H2,1-2H3/t9-,11-,12+,15+/m1/s1. The van der Waals surface area contributed by atoms with Gasteiger partial charge in [0, 0.05) is 12.2 Å². The molecule has 3 aliphatic rings. The van der Waals surface area contributed by atoms with Crippen molar-refractivity contribution in [3.05, 3.63) is 11.1 Å². The molecule has 100 valence electrons. The molecular formula is C15H22O3. The van der Waals surface area contributed by atoms with Crippen molar-refractivity contribution in [2.75, 3.05) is 13.2 Å². The van der Waals surface area contributed by atoms with Gasteiger partial charge in [-0.2, -0.15) is 0 Å². The van der Waals surface area contributed by atoms with E-state index in [1.807, 2.05) is 0 Å². The predicted molar refractivity (Wildman–Crippen MR) is 67.8 cm³/mol. The fraction of sp³-hybridized carbons (Fsp3) is 0.800. The van der Waals surface area contributed by atoms with Crippen molar-refractivity contribution in [2.45, 2.75) is 39.5 Å². The van der Waals surface area contributed by atoms with E-state index in [4.69, 9.17) is 4.74 Å². The number of ether oxygens (including phenoxy) is 1. The van der Waals surface area contributed by atoms with E-state index < -0.39 is 0 Å². The summed E-state index contributed by atoms with van der Waals surface area (Å²) in [6, 6.07) is 0. The summed E-state index contributed by atoms with van der Waals surface area (Å²) >= 11 is 0. The van der Waals surface area contributed by atoms with Gasteiger partial charge >= 0.3 is 5.97 Å². The highest BCUT2D eigenvalue weighted by Gasteiger charge is 2.48. The lowest BCUT2D eigenvalue weighted by Crippen LogP contribution is -2.18. The van der Waals surface area contributed by atoms with Crippen LogP contribution in [-0.4, -0.2) is 24.3 Å². The molecule has 0 amide bonds. The van der Waals surface area contributed by atoms with Gasteiger partial charge in [0.1, 0.15) is 6.61 Å². The molecule has 3 nitrogen and oxygen atoms in total. The quantitative estimate of drug-likeness (QED) is 0.726. The second-order valence-corrected chi connectivity index (χ2v) is 6.74. The third kappa shape index (κ3) is 1.71. The Morgan fingerprint density at radius 3 is 2.94 bits per heavy atom. The molecule has 18 heavy (non-hydrogen) atoms. The maximum atomic E-state index is 11.8. The minimum atomic E-state index is -0.0875. The molecule has 2 aliphatic carbocycles. The van der Waals surface area contributed by atoms with E-state index in [2.05, 4.69) is 13.8 Å². The average molecular weight is 250 g/mol. The Morgan fingerprint density at radius 2 is 2.22 bits per heavy atom. The Hall–Kier alpha value is -0.830. The van der Waals surface area contributed by atoms with Crippen molar-refractivity contribution >= 4 is 5.97 Å². The van der Waals surface area contributed by atoms with Gasteiger partial charge in [-0.05, 0) is 54.4 Å². The van der Waals surface area contributed by atoms with Crippen molar-refractivity contribution in [2.24, 2.45) is 23.2 Å².